The summed E-state index contributed by atoms with van der Waals surface area (Å²) in [6.45, 7) is 11.6. The lowest BCUT2D eigenvalue weighted by Gasteiger charge is -2.44. The van der Waals surface area contributed by atoms with Crippen molar-refractivity contribution >= 4 is 17.7 Å². The van der Waals surface area contributed by atoms with Gasteiger partial charge < -0.3 is 25.0 Å². The zero-order valence-corrected chi connectivity index (χ0v) is 28.1. The highest BCUT2D eigenvalue weighted by Crippen LogP contribution is 2.34. The van der Waals surface area contributed by atoms with E-state index in [9.17, 15) is 14.4 Å². The highest BCUT2D eigenvalue weighted by molar-refractivity contribution is 5.83. The van der Waals surface area contributed by atoms with Crippen LogP contribution in [0.1, 0.15) is 144 Å². The fourth-order valence-electron chi connectivity index (χ4n) is 5.90. The van der Waals surface area contributed by atoms with Crippen molar-refractivity contribution in [1.82, 2.24) is 15.5 Å². The van der Waals surface area contributed by atoms with Gasteiger partial charge in [-0.05, 0) is 58.8 Å². The lowest BCUT2D eigenvalue weighted by atomic mass is 9.85. The number of nitrogens with zero attached hydrogens (tertiary/aromatic N) is 1. The molecule has 0 aromatic carbocycles. The standard InChI is InChI=1S/C35H63N3O5/c1-6-7-8-9-10-11-12-13-14-15-16-17-18-19-20-23-30(39)37-27-29-22-21-26-38(29)31(40)24-25-36-33(41)32-34(2,3)28-42-35(4,5)43-32/h13-14,29,32H,6-12,15-28H2,1-5H3,(H,36,41)(H,37,39)/b14-13+. The Kier molecular flexibility index (Phi) is 17.5. The van der Waals surface area contributed by atoms with Crippen LogP contribution in [0.2, 0.25) is 0 Å². The molecule has 2 aliphatic heterocycles. The predicted octanol–water partition coefficient (Wildman–Crippen LogP) is 6.82. The second-order valence-corrected chi connectivity index (χ2v) is 13.7. The summed E-state index contributed by atoms with van der Waals surface area (Å²) in [4.78, 5) is 40.0. The smallest absolute Gasteiger partial charge is 0.249 e. The third-order valence-electron chi connectivity index (χ3n) is 8.68. The van der Waals surface area contributed by atoms with E-state index in [4.69, 9.17) is 9.47 Å². The molecule has 2 unspecified atom stereocenters. The number of amides is 3. The van der Waals surface area contributed by atoms with Crippen molar-refractivity contribution < 1.29 is 23.9 Å². The predicted molar refractivity (Wildman–Crippen MR) is 174 cm³/mol. The molecule has 8 nitrogen and oxygen atoms in total. The molecule has 0 aromatic rings. The quantitative estimate of drug-likeness (QED) is 0.111. The van der Waals surface area contributed by atoms with Gasteiger partial charge in [-0.15, -0.1) is 0 Å². The maximum Gasteiger partial charge on any atom is 0.249 e. The van der Waals surface area contributed by atoms with Crippen molar-refractivity contribution in [2.75, 3.05) is 26.2 Å². The van der Waals surface area contributed by atoms with E-state index in [1.54, 1.807) is 13.8 Å². The van der Waals surface area contributed by atoms with E-state index in [1.165, 1.54) is 70.6 Å². The molecule has 2 saturated heterocycles. The fraction of sp³-hybridized carbons (Fsp3) is 0.857. The first-order valence-corrected chi connectivity index (χ1v) is 17.4. The first-order valence-electron chi connectivity index (χ1n) is 17.4. The summed E-state index contributed by atoms with van der Waals surface area (Å²) in [7, 11) is 0. The number of carbonyl (C=O) groups is 3. The third-order valence-corrected chi connectivity index (χ3v) is 8.68. The van der Waals surface area contributed by atoms with E-state index in [1.807, 2.05) is 18.7 Å². The number of hydrogen-bond donors (Lipinski definition) is 2. The first kappa shape index (κ1) is 37.3. The van der Waals surface area contributed by atoms with E-state index in [0.717, 1.165) is 25.7 Å². The summed E-state index contributed by atoms with van der Waals surface area (Å²) in [5.74, 6) is -0.937. The van der Waals surface area contributed by atoms with Crippen LogP contribution < -0.4 is 10.6 Å². The minimum absolute atomic E-state index is 0.0155. The molecule has 0 radical (unpaired) electrons. The molecule has 2 atom stereocenters. The Morgan fingerprint density at radius 3 is 2.14 bits per heavy atom. The molecule has 2 rings (SSSR count). The van der Waals surface area contributed by atoms with Crippen LogP contribution in [0.15, 0.2) is 12.2 Å². The molecule has 0 spiro atoms. The van der Waals surface area contributed by atoms with Gasteiger partial charge in [0.05, 0.1) is 6.61 Å². The first-order chi connectivity index (χ1) is 20.6. The van der Waals surface area contributed by atoms with Gasteiger partial charge in [-0.2, -0.15) is 0 Å². The van der Waals surface area contributed by atoms with Gasteiger partial charge in [0.15, 0.2) is 5.79 Å². The van der Waals surface area contributed by atoms with Crippen molar-refractivity contribution in [1.29, 1.82) is 0 Å². The minimum atomic E-state index is -0.815. The lowest BCUT2D eigenvalue weighted by molar-refractivity contribution is -0.304. The maximum absolute atomic E-state index is 12.9. The van der Waals surface area contributed by atoms with Crippen molar-refractivity contribution in [3.8, 4) is 0 Å². The highest BCUT2D eigenvalue weighted by Gasteiger charge is 2.45. The Bertz CT molecular complexity index is 856. The summed E-state index contributed by atoms with van der Waals surface area (Å²) in [6, 6.07) is 0.0276. The molecule has 248 valence electrons. The molecule has 2 heterocycles. The Labute approximate surface area is 262 Å². The van der Waals surface area contributed by atoms with Gasteiger partial charge in [0.1, 0.15) is 6.10 Å². The van der Waals surface area contributed by atoms with Crippen LogP contribution in [0, 0.1) is 5.41 Å². The third kappa shape index (κ3) is 15.1. The Morgan fingerprint density at radius 2 is 1.47 bits per heavy atom. The summed E-state index contributed by atoms with van der Waals surface area (Å²) < 4.78 is 11.6. The zero-order chi connectivity index (χ0) is 31.6. The molecule has 0 aliphatic carbocycles. The van der Waals surface area contributed by atoms with Crippen molar-refractivity contribution in [3.63, 3.8) is 0 Å². The van der Waals surface area contributed by atoms with Gasteiger partial charge in [-0.25, -0.2) is 0 Å². The number of rotatable bonds is 21. The molecule has 2 fully saturated rings. The van der Waals surface area contributed by atoms with Crippen LogP contribution in [-0.2, 0) is 23.9 Å². The number of hydrogen-bond acceptors (Lipinski definition) is 5. The van der Waals surface area contributed by atoms with Gasteiger partial charge in [0.25, 0.3) is 0 Å². The van der Waals surface area contributed by atoms with E-state index < -0.39 is 17.3 Å². The second kappa shape index (κ2) is 20.2. The molecule has 2 N–H and O–H groups in total. The van der Waals surface area contributed by atoms with Crippen LogP contribution in [-0.4, -0.2) is 66.8 Å². The van der Waals surface area contributed by atoms with Crippen LogP contribution in [0.4, 0.5) is 0 Å². The molecule has 0 saturated carbocycles. The second-order valence-electron chi connectivity index (χ2n) is 13.7. The topological polar surface area (TPSA) is 97.0 Å². The van der Waals surface area contributed by atoms with E-state index in [0.29, 0.717) is 26.1 Å². The molecule has 43 heavy (non-hydrogen) atoms. The van der Waals surface area contributed by atoms with Gasteiger partial charge >= 0.3 is 0 Å². The maximum atomic E-state index is 12.9. The number of likely N-dealkylation sites (tertiary alicyclic amines) is 1. The van der Waals surface area contributed by atoms with Gasteiger partial charge in [0, 0.05) is 43.9 Å². The number of unbranched alkanes of at least 4 members (excludes halogenated alkanes) is 11. The van der Waals surface area contributed by atoms with Crippen molar-refractivity contribution in [2.45, 2.75) is 162 Å². The summed E-state index contributed by atoms with van der Waals surface area (Å²) in [6.07, 6.45) is 22.8. The summed E-state index contributed by atoms with van der Waals surface area (Å²) >= 11 is 0. The zero-order valence-electron chi connectivity index (χ0n) is 28.1. The van der Waals surface area contributed by atoms with Crippen LogP contribution in [0.5, 0.6) is 0 Å². The monoisotopic (exact) mass is 605 g/mol. The number of ether oxygens (including phenoxy) is 2. The van der Waals surface area contributed by atoms with Crippen molar-refractivity contribution in [2.24, 2.45) is 5.41 Å². The molecule has 3 amide bonds. The molecular formula is C35H63N3O5. The van der Waals surface area contributed by atoms with Crippen LogP contribution in [0.25, 0.3) is 0 Å². The van der Waals surface area contributed by atoms with E-state index in [2.05, 4.69) is 29.7 Å². The molecule has 2 aliphatic rings. The Hall–Kier alpha value is -1.93. The van der Waals surface area contributed by atoms with Crippen LogP contribution >= 0.6 is 0 Å². The number of nitrogens with one attached hydrogen (secondary N) is 2. The van der Waals surface area contributed by atoms with E-state index >= 15 is 0 Å². The largest absolute Gasteiger partial charge is 0.354 e. The minimum Gasteiger partial charge on any atom is -0.354 e. The summed E-state index contributed by atoms with van der Waals surface area (Å²) in [5.41, 5.74) is -0.452. The molecular weight excluding hydrogens is 542 g/mol. The molecule has 0 aromatic heterocycles. The average molecular weight is 606 g/mol. The SMILES string of the molecule is CCCCCCCC/C=C/CCCCCCCC(=O)NCC1CCCN1C(=O)CCNC(=O)C1OC(C)(C)OCC1(C)C. The lowest BCUT2D eigenvalue weighted by Crippen LogP contribution is -2.56. The van der Waals surface area contributed by atoms with E-state index in [-0.39, 0.29) is 36.7 Å². The number of carbonyl (C=O) groups excluding carboxylic acids is 3. The summed E-state index contributed by atoms with van der Waals surface area (Å²) in [5, 5.41) is 5.94. The van der Waals surface area contributed by atoms with Gasteiger partial charge in [-0.3, -0.25) is 14.4 Å². The fourth-order valence-corrected chi connectivity index (χ4v) is 5.90. The highest BCUT2D eigenvalue weighted by atomic mass is 16.7. The Morgan fingerprint density at radius 1 is 0.837 bits per heavy atom. The van der Waals surface area contributed by atoms with Crippen LogP contribution in [0.3, 0.4) is 0 Å². The molecule has 8 heteroatoms. The normalized spacial score (nSPS) is 21.3. The van der Waals surface area contributed by atoms with Gasteiger partial charge in [-0.1, -0.05) is 84.3 Å². The Balaban J connectivity index is 1.51. The molecule has 0 bridgehead atoms. The average Bonchev–Trinajstić information content (AvgIpc) is 3.44. The number of allylic oxidation sites excluding steroid dienone is 2. The van der Waals surface area contributed by atoms with Crippen molar-refractivity contribution in [3.05, 3.63) is 12.2 Å². The van der Waals surface area contributed by atoms with Gasteiger partial charge in [0.2, 0.25) is 17.7 Å².